The van der Waals surface area contributed by atoms with Crippen molar-refractivity contribution in [1.82, 2.24) is 10.3 Å². The first-order valence-electron chi connectivity index (χ1n) is 7.02. The van der Waals surface area contributed by atoms with E-state index in [9.17, 15) is 8.42 Å². The quantitative estimate of drug-likeness (QED) is 0.864. The zero-order valence-electron chi connectivity index (χ0n) is 12.3. The minimum atomic E-state index is -2.93. The van der Waals surface area contributed by atoms with Crippen molar-refractivity contribution < 1.29 is 8.42 Å². The average molecular weight is 317 g/mol. The lowest BCUT2D eigenvalue weighted by atomic mass is 9.98. The fraction of sp³-hybridized carbons (Fsp3) is 0.769. The number of aryl methyl sites for hydroxylation is 1. The van der Waals surface area contributed by atoms with Gasteiger partial charge in [-0.25, -0.2) is 13.4 Å². The summed E-state index contributed by atoms with van der Waals surface area (Å²) in [5.74, 6) is 0.171. The van der Waals surface area contributed by atoms with E-state index in [-0.39, 0.29) is 5.75 Å². The van der Waals surface area contributed by atoms with E-state index >= 15 is 0 Å². The van der Waals surface area contributed by atoms with Gasteiger partial charge in [0.2, 0.25) is 0 Å². The Balaban J connectivity index is 2.10. The topological polar surface area (TPSA) is 62.3 Å². The van der Waals surface area contributed by atoms with Crippen LogP contribution in [-0.2, 0) is 16.3 Å². The molecule has 1 aliphatic carbocycles. The first-order valence-corrected chi connectivity index (χ1v) is 9.90. The van der Waals surface area contributed by atoms with E-state index in [0.717, 1.165) is 24.5 Å². The van der Waals surface area contributed by atoms with Gasteiger partial charge in [-0.2, -0.15) is 0 Å². The van der Waals surface area contributed by atoms with Crippen LogP contribution in [0.25, 0.3) is 0 Å². The molecule has 1 N–H and O–H groups in total. The molecule has 1 aromatic rings. The number of nitrogens with one attached hydrogen (secondary N) is 1. The van der Waals surface area contributed by atoms with Gasteiger partial charge in [-0.15, -0.1) is 11.3 Å². The van der Waals surface area contributed by atoms with Gasteiger partial charge in [0, 0.05) is 24.7 Å². The van der Waals surface area contributed by atoms with Gasteiger partial charge in [-0.1, -0.05) is 6.92 Å². The smallest absolute Gasteiger partial charge is 0.185 e. The number of fused-ring (bicyclic) bond motifs is 1. The van der Waals surface area contributed by atoms with Gasteiger partial charge in [0.1, 0.15) is 9.84 Å². The highest BCUT2D eigenvalue weighted by Gasteiger charge is 2.25. The van der Waals surface area contributed by atoms with E-state index in [2.05, 4.69) is 12.2 Å². The summed E-state index contributed by atoms with van der Waals surface area (Å²) in [5, 5.41) is 4.41. The molecule has 2 rings (SSSR count). The van der Waals surface area contributed by atoms with Crippen molar-refractivity contribution in [2.45, 2.75) is 32.2 Å². The van der Waals surface area contributed by atoms with E-state index in [4.69, 9.17) is 4.98 Å². The molecular weight excluding hydrogens is 294 g/mol. The minimum absolute atomic E-state index is 0.171. The van der Waals surface area contributed by atoms with Crippen LogP contribution in [0.15, 0.2) is 0 Å². The molecule has 0 bridgehead atoms. The van der Waals surface area contributed by atoms with Crippen molar-refractivity contribution in [3.8, 4) is 0 Å². The summed E-state index contributed by atoms with van der Waals surface area (Å²) in [5.41, 5.74) is 1.17. The second-order valence-corrected chi connectivity index (χ2v) is 8.68. The van der Waals surface area contributed by atoms with E-state index in [1.807, 2.05) is 11.9 Å². The predicted octanol–water partition coefficient (Wildman–Crippen LogP) is 1.61. The Morgan fingerprint density at radius 3 is 2.90 bits per heavy atom. The van der Waals surface area contributed by atoms with Crippen LogP contribution in [0, 0.1) is 0 Å². The SMILES string of the molecule is CCNC1CCCc2sc(N(C)CCS(C)(=O)=O)nc21. The van der Waals surface area contributed by atoms with E-state index in [0.29, 0.717) is 12.6 Å². The first kappa shape index (κ1) is 15.7. The van der Waals surface area contributed by atoms with Crippen molar-refractivity contribution >= 4 is 26.3 Å². The summed E-state index contributed by atoms with van der Waals surface area (Å²) < 4.78 is 22.5. The summed E-state index contributed by atoms with van der Waals surface area (Å²) in [4.78, 5) is 8.04. The molecular formula is C13H23N3O2S2. The molecule has 0 radical (unpaired) electrons. The second-order valence-electron chi connectivity index (χ2n) is 5.36. The lowest BCUT2D eigenvalue weighted by Gasteiger charge is -2.21. The highest BCUT2D eigenvalue weighted by Crippen LogP contribution is 2.36. The molecule has 0 fully saturated rings. The highest BCUT2D eigenvalue weighted by molar-refractivity contribution is 7.90. The molecule has 0 spiro atoms. The molecule has 0 aliphatic heterocycles. The molecule has 0 saturated carbocycles. The standard InChI is InChI=1S/C13H23N3O2S2/c1-4-14-10-6-5-7-11-12(10)15-13(19-11)16(2)8-9-20(3,17)18/h10,14H,4-9H2,1-3H3. The largest absolute Gasteiger partial charge is 0.350 e. The van der Waals surface area contributed by atoms with E-state index < -0.39 is 9.84 Å². The molecule has 1 unspecified atom stereocenters. The third kappa shape index (κ3) is 3.93. The molecule has 1 atom stereocenters. The summed E-state index contributed by atoms with van der Waals surface area (Å²) in [6.45, 7) is 3.55. The van der Waals surface area contributed by atoms with Crippen LogP contribution in [0.2, 0.25) is 0 Å². The molecule has 114 valence electrons. The Kier molecular flexibility index (Phi) is 5.04. The zero-order valence-corrected chi connectivity index (χ0v) is 14.0. The normalized spacial score (nSPS) is 18.9. The number of hydrogen-bond acceptors (Lipinski definition) is 6. The maximum atomic E-state index is 11.2. The molecule has 1 aromatic heterocycles. The molecule has 5 nitrogen and oxygen atoms in total. The van der Waals surface area contributed by atoms with Gasteiger partial charge in [-0.05, 0) is 25.8 Å². The lowest BCUT2D eigenvalue weighted by Crippen LogP contribution is -2.26. The molecule has 1 aliphatic rings. The van der Waals surface area contributed by atoms with Gasteiger partial charge in [-0.3, -0.25) is 0 Å². The van der Waals surface area contributed by atoms with Crippen LogP contribution in [-0.4, -0.2) is 45.5 Å². The predicted molar refractivity (Wildman–Crippen MR) is 84.5 cm³/mol. The first-order chi connectivity index (χ1) is 9.40. The summed E-state index contributed by atoms with van der Waals surface area (Å²) >= 11 is 1.70. The van der Waals surface area contributed by atoms with Crippen LogP contribution in [0.5, 0.6) is 0 Å². The molecule has 0 saturated heterocycles. The Morgan fingerprint density at radius 1 is 1.50 bits per heavy atom. The number of thiazole rings is 1. The number of anilines is 1. The fourth-order valence-corrected chi connectivity index (χ4v) is 4.17. The minimum Gasteiger partial charge on any atom is -0.350 e. The Hall–Kier alpha value is -0.660. The lowest BCUT2D eigenvalue weighted by molar-refractivity contribution is 0.465. The van der Waals surface area contributed by atoms with Crippen molar-refractivity contribution in [1.29, 1.82) is 0 Å². The molecule has 0 amide bonds. The van der Waals surface area contributed by atoms with Crippen molar-refractivity contribution in [3.63, 3.8) is 0 Å². The van der Waals surface area contributed by atoms with Crippen LogP contribution < -0.4 is 10.2 Å². The van der Waals surface area contributed by atoms with Crippen molar-refractivity contribution in [2.24, 2.45) is 0 Å². The number of nitrogens with zero attached hydrogens (tertiary/aromatic N) is 2. The number of aromatic nitrogens is 1. The van der Waals surface area contributed by atoms with Crippen LogP contribution in [0.3, 0.4) is 0 Å². The van der Waals surface area contributed by atoms with Crippen LogP contribution in [0.4, 0.5) is 5.13 Å². The van der Waals surface area contributed by atoms with E-state index in [1.54, 1.807) is 11.3 Å². The van der Waals surface area contributed by atoms with Gasteiger partial charge in [0.05, 0.1) is 17.5 Å². The average Bonchev–Trinajstić information content (AvgIpc) is 2.80. The number of sulfone groups is 1. The van der Waals surface area contributed by atoms with E-state index in [1.165, 1.54) is 23.2 Å². The molecule has 1 heterocycles. The monoisotopic (exact) mass is 317 g/mol. The molecule has 7 heteroatoms. The maximum Gasteiger partial charge on any atom is 0.185 e. The molecule has 0 aromatic carbocycles. The Labute approximate surface area is 125 Å². The third-order valence-corrected chi connectivity index (χ3v) is 5.69. The highest BCUT2D eigenvalue weighted by atomic mass is 32.2. The summed E-state index contributed by atoms with van der Waals surface area (Å²) in [6, 6.07) is 0.358. The van der Waals surface area contributed by atoms with Gasteiger partial charge in [0.25, 0.3) is 0 Å². The molecule has 20 heavy (non-hydrogen) atoms. The van der Waals surface area contributed by atoms with Crippen molar-refractivity contribution in [2.75, 3.05) is 37.0 Å². The Morgan fingerprint density at radius 2 is 2.25 bits per heavy atom. The van der Waals surface area contributed by atoms with Gasteiger partial charge < -0.3 is 10.2 Å². The van der Waals surface area contributed by atoms with Crippen molar-refractivity contribution in [3.05, 3.63) is 10.6 Å². The second kappa shape index (κ2) is 6.41. The van der Waals surface area contributed by atoms with Gasteiger partial charge >= 0.3 is 0 Å². The maximum absolute atomic E-state index is 11.2. The van der Waals surface area contributed by atoms with Crippen LogP contribution in [0.1, 0.15) is 36.4 Å². The zero-order chi connectivity index (χ0) is 14.8. The Bertz CT molecular complexity index is 554. The third-order valence-electron chi connectivity index (χ3n) is 3.52. The number of rotatable bonds is 6. The van der Waals surface area contributed by atoms with Crippen LogP contribution >= 0.6 is 11.3 Å². The fourth-order valence-electron chi connectivity index (χ4n) is 2.41. The number of hydrogen-bond donors (Lipinski definition) is 1. The summed E-state index contributed by atoms with van der Waals surface area (Å²) in [6.07, 6.45) is 4.69. The van der Waals surface area contributed by atoms with Gasteiger partial charge in [0.15, 0.2) is 5.13 Å². The summed E-state index contributed by atoms with van der Waals surface area (Å²) in [7, 11) is -1.01.